The average molecular weight is 305 g/mol. The average Bonchev–Trinajstić information content (AvgIpc) is 2.97. The highest BCUT2D eigenvalue weighted by Gasteiger charge is 2.60. The number of amides is 1. The molecule has 1 N–H and O–H groups in total. The van der Waals surface area contributed by atoms with Crippen LogP contribution >= 0.6 is 11.3 Å². The molecular formula is C16H23N3OS. The number of likely N-dealkylation sites (tertiary alicyclic amines) is 1. The molecule has 4 nitrogen and oxygen atoms in total. The Morgan fingerprint density at radius 1 is 1.48 bits per heavy atom. The summed E-state index contributed by atoms with van der Waals surface area (Å²) in [6, 6.07) is 2.52. The van der Waals surface area contributed by atoms with Crippen molar-refractivity contribution in [1.82, 2.24) is 15.1 Å². The van der Waals surface area contributed by atoms with Crippen molar-refractivity contribution in [3.05, 3.63) is 22.4 Å². The molecular weight excluding hydrogens is 282 g/mol. The fraction of sp³-hybridized carbons (Fsp3) is 0.688. The van der Waals surface area contributed by atoms with Crippen LogP contribution in [0.3, 0.4) is 0 Å². The molecule has 0 bridgehead atoms. The predicted molar refractivity (Wildman–Crippen MR) is 84.1 cm³/mol. The summed E-state index contributed by atoms with van der Waals surface area (Å²) in [7, 11) is 0. The van der Waals surface area contributed by atoms with Crippen LogP contribution in [0.5, 0.6) is 0 Å². The van der Waals surface area contributed by atoms with Gasteiger partial charge in [-0.2, -0.15) is 11.3 Å². The van der Waals surface area contributed by atoms with Crippen molar-refractivity contribution in [1.29, 1.82) is 0 Å². The number of rotatable bonds is 3. The molecule has 1 aromatic rings. The maximum atomic E-state index is 12.9. The van der Waals surface area contributed by atoms with Crippen LogP contribution in [0.4, 0.5) is 0 Å². The van der Waals surface area contributed by atoms with E-state index >= 15 is 0 Å². The lowest BCUT2D eigenvalue weighted by Gasteiger charge is -2.39. The van der Waals surface area contributed by atoms with Gasteiger partial charge < -0.3 is 9.80 Å². The SMILES string of the molecule is CCN1CCCC(N2C(=O)C3(CC3)NC2c2ccsc2)C1. The number of hydrogen-bond acceptors (Lipinski definition) is 4. The van der Waals surface area contributed by atoms with Crippen molar-refractivity contribution >= 4 is 17.2 Å². The molecule has 1 amide bonds. The first-order chi connectivity index (χ1) is 10.2. The second-order valence-corrected chi connectivity index (χ2v) is 7.37. The molecule has 1 saturated carbocycles. The minimum atomic E-state index is -0.221. The lowest BCUT2D eigenvalue weighted by molar-refractivity contribution is -0.134. The molecule has 2 aliphatic heterocycles. The number of carbonyl (C=O) groups is 1. The Kier molecular flexibility index (Phi) is 3.32. The highest BCUT2D eigenvalue weighted by Crippen LogP contribution is 2.47. The maximum absolute atomic E-state index is 12.9. The Bertz CT molecular complexity index is 526. The summed E-state index contributed by atoms with van der Waals surface area (Å²) in [5.74, 6) is 0.349. The highest BCUT2D eigenvalue weighted by molar-refractivity contribution is 7.08. The van der Waals surface area contributed by atoms with E-state index in [1.807, 2.05) is 0 Å². The smallest absolute Gasteiger partial charge is 0.244 e. The summed E-state index contributed by atoms with van der Waals surface area (Å²) in [4.78, 5) is 17.6. The van der Waals surface area contributed by atoms with Crippen molar-refractivity contribution in [3.8, 4) is 0 Å². The van der Waals surface area contributed by atoms with Crippen molar-refractivity contribution < 1.29 is 4.79 Å². The van der Waals surface area contributed by atoms with Gasteiger partial charge in [-0.1, -0.05) is 6.92 Å². The second-order valence-electron chi connectivity index (χ2n) is 6.59. The van der Waals surface area contributed by atoms with Crippen LogP contribution in [-0.4, -0.2) is 46.9 Å². The van der Waals surface area contributed by atoms with E-state index in [0.717, 1.165) is 32.4 Å². The molecule has 0 radical (unpaired) electrons. The monoisotopic (exact) mass is 305 g/mol. The number of carbonyl (C=O) groups excluding carboxylic acids is 1. The minimum absolute atomic E-state index is 0.0908. The third kappa shape index (κ3) is 2.22. The molecule has 4 rings (SSSR count). The molecule has 3 fully saturated rings. The zero-order valence-corrected chi connectivity index (χ0v) is 13.4. The number of nitrogens with zero attached hydrogens (tertiary/aromatic N) is 2. The fourth-order valence-corrected chi connectivity index (χ4v) is 4.52. The summed E-state index contributed by atoms with van der Waals surface area (Å²) in [5.41, 5.74) is 1.03. The summed E-state index contributed by atoms with van der Waals surface area (Å²) in [6.45, 7) is 5.50. The van der Waals surface area contributed by atoms with E-state index in [0.29, 0.717) is 11.9 Å². The van der Waals surface area contributed by atoms with Gasteiger partial charge in [0.1, 0.15) is 11.7 Å². The van der Waals surface area contributed by atoms with E-state index in [4.69, 9.17) is 0 Å². The molecule has 1 spiro atoms. The van der Waals surface area contributed by atoms with Crippen LogP contribution < -0.4 is 5.32 Å². The van der Waals surface area contributed by atoms with Gasteiger partial charge in [0.05, 0.1) is 0 Å². The van der Waals surface area contributed by atoms with Gasteiger partial charge in [0.15, 0.2) is 0 Å². The Morgan fingerprint density at radius 3 is 3.00 bits per heavy atom. The molecule has 3 heterocycles. The van der Waals surface area contributed by atoms with Crippen molar-refractivity contribution in [3.63, 3.8) is 0 Å². The minimum Gasteiger partial charge on any atom is -0.317 e. The predicted octanol–water partition coefficient (Wildman–Crippen LogP) is 2.20. The molecule has 1 aromatic heterocycles. The number of likely N-dealkylation sites (N-methyl/N-ethyl adjacent to an activating group) is 1. The first kappa shape index (κ1) is 13.7. The zero-order valence-electron chi connectivity index (χ0n) is 12.5. The maximum Gasteiger partial charge on any atom is 0.244 e. The summed E-state index contributed by atoms with van der Waals surface area (Å²) in [5, 5.41) is 7.93. The Hall–Kier alpha value is -0.910. The molecule has 2 atom stereocenters. The number of thiophene rings is 1. The van der Waals surface area contributed by atoms with E-state index in [2.05, 4.69) is 38.9 Å². The van der Waals surface area contributed by atoms with Crippen LogP contribution in [0.2, 0.25) is 0 Å². The topological polar surface area (TPSA) is 35.6 Å². The van der Waals surface area contributed by atoms with Crippen molar-refractivity contribution in [2.45, 2.75) is 50.4 Å². The summed E-state index contributed by atoms with van der Waals surface area (Å²) >= 11 is 1.71. The van der Waals surface area contributed by atoms with Crippen LogP contribution in [0.25, 0.3) is 0 Å². The quantitative estimate of drug-likeness (QED) is 0.930. The van der Waals surface area contributed by atoms with Gasteiger partial charge in [0, 0.05) is 12.6 Å². The normalized spacial score (nSPS) is 32.0. The lowest BCUT2D eigenvalue weighted by atomic mass is 10.0. The Morgan fingerprint density at radius 2 is 2.33 bits per heavy atom. The molecule has 3 aliphatic rings. The summed E-state index contributed by atoms with van der Waals surface area (Å²) in [6.07, 6.45) is 4.44. The summed E-state index contributed by atoms with van der Waals surface area (Å²) < 4.78 is 0. The van der Waals surface area contributed by atoms with Gasteiger partial charge >= 0.3 is 0 Å². The second kappa shape index (κ2) is 5.07. The molecule has 114 valence electrons. The molecule has 0 aromatic carbocycles. The standard InChI is InChI=1S/C16H23N3OS/c1-2-18-8-3-4-13(10-18)19-14(12-5-9-21-11-12)17-16(6-7-16)15(19)20/h5,9,11,13-14,17H,2-4,6-8,10H2,1H3. The van der Waals surface area contributed by atoms with E-state index in [1.54, 1.807) is 11.3 Å². The van der Waals surface area contributed by atoms with E-state index in [9.17, 15) is 4.79 Å². The molecule has 21 heavy (non-hydrogen) atoms. The lowest BCUT2D eigenvalue weighted by Crippen LogP contribution is -2.50. The third-order valence-electron chi connectivity index (χ3n) is 5.27. The van der Waals surface area contributed by atoms with Crippen LogP contribution in [0.1, 0.15) is 44.3 Å². The van der Waals surface area contributed by atoms with Gasteiger partial charge in [0.25, 0.3) is 0 Å². The van der Waals surface area contributed by atoms with Crippen LogP contribution in [0, 0.1) is 0 Å². The molecule has 2 saturated heterocycles. The number of nitrogens with one attached hydrogen (secondary N) is 1. The number of hydrogen-bond donors (Lipinski definition) is 1. The van der Waals surface area contributed by atoms with Gasteiger partial charge in [-0.25, -0.2) is 0 Å². The Balaban J connectivity index is 1.62. The van der Waals surface area contributed by atoms with E-state index in [-0.39, 0.29) is 11.7 Å². The van der Waals surface area contributed by atoms with Crippen molar-refractivity contribution in [2.24, 2.45) is 0 Å². The van der Waals surface area contributed by atoms with Crippen LogP contribution in [-0.2, 0) is 4.79 Å². The van der Waals surface area contributed by atoms with Gasteiger partial charge in [-0.3, -0.25) is 10.1 Å². The highest BCUT2D eigenvalue weighted by atomic mass is 32.1. The zero-order chi connectivity index (χ0) is 14.4. The number of piperidine rings is 1. The van der Waals surface area contributed by atoms with E-state index in [1.165, 1.54) is 18.5 Å². The largest absolute Gasteiger partial charge is 0.317 e. The first-order valence-electron chi connectivity index (χ1n) is 8.08. The van der Waals surface area contributed by atoms with Gasteiger partial charge in [-0.05, 0) is 61.2 Å². The molecule has 2 unspecified atom stereocenters. The van der Waals surface area contributed by atoms with E-state index < -0.39 is 0 Å². The molecule has 5 heteroatoms. The van der Waals surface area contributed by atoms with Crippen molar-refractivity contribution in [2.75, 3.05) is 19.6 Å². The molecule has 1 aliphatic carbocycles. The van der Waals surface area contributed by atoms with Gasteiger partial charge in [0.2, 0.25) is 5.91 Å². The third-order valence-corrected chi connectivity index (χ3v) is 5.97. The fourth-order valence-electron chi connectivity index (χ4n) is 3.84. The Labute approximate surface area is 130 Å². The van der Waals surface area contributed by atoms with Crippen LogP contribution in [0.15, 0.2) is 16.8 Å². The van der Waals surface area contributed by atoms with Gasteiger partial charge in [-0.15, -0.1) is 0 Å². The first-order valence-corrected chi connectivity index (χ1v) is 9.03.